The van der Waals surface area contributed by atoms with Crippen molar-refractivity contribution in [2.75, 3.05) is 6.93 Å². The second kappa shape index (κ2) is 6.82. The van der Waals surface area contributed by atoms with Gasteiger partial charge in [-0.1, -0.05) is 11.6 Å². The maximum Gasteiger partial charge on any atom is 0.298 e. The van der Waals surface area contributed by atoms with Gasteiger partial charge in [0.15, 0.2) is 0 Å². The summed E-state index contributed by atoms with van der Waals surface area (Å²) in [6.07, 6.45) is 2.53. The maximum atomic E-state index is 13.7. The molecule has 0 unspecified atom stereocenters. The van der Waals surface area contributed by atoms with Gasteiger partial charge in [-0.05, 0) is 30.7 Å². The number of aromatic nitrogens is 3. The topological polar surface area (TPSA) is 39.3 Å². The van der Waals surface area contributed by atoms with Crippen molar-refractivity contribution in [2.45, 2.75) is 6.92 Å². The van der Waals surface area contributed by atoms with Crippen LogP contribution in [0.4, 0.5) is 17.6 Å². The van der Waals surface area contributed by atoms with Crippen molar-refractivity contribution >= 4 is 17.4 Å². The summed E-state index contributed by atoms with van der Waals surface area (Å²) in [5, 5.41) is 0.517. The molecular formula is C14H10ClF4N3O. The molecule has 2 heterocycles. The largest absolute Gasteiger partial charge is 0.298 e. The molecule has 0 atom stereocenters. The second-order valence-electron chi connectivity index (χ2n) is 4.38. The molecule has 0 aliphatic rings. The third-order valence-electron chi connectivity index (χ3n) is 3.00. The van der Waals surface area contributed by atoms with Crippen LogP contribution in [0.3, 0.4) is 0 Å². The van der Waals surface area contributed by atoms with Crippen LogP contribution in [0, 0.1) is 18.7 Å². The zero-order valence-electron chi connectivity index (χ0n) is 11.7. The van der Waals surface area contributed by atoms with E-state index in [2.05, 4.69) is 4.98 Å². The van der Waals surface area contributed by atoms with Crippen LogP contribution in [0.2, 0.25) is 5.02 Å². The number of halogens is 5. The van der Waals surface area contributed by atoms with Crippen LogP contribution >= 0.6 is 11.6 Å². The predicted octanol–water partition coefficient (Wildman–Crippen LogP) is 3.61. The molecule has 0 radical (unpaired) electrons. The van der Waals surface area contributed by atoms with Crippen LogP contribution < -0.4 is 5.56 Å². The number of benzene rings is 1. The lowest BCUT2D eigenvalue weighted by Gasteiger charge is -2.10. The average molecular weight is 348 g/mol. The monoisotopic (exact) mass is 347 g/mol. The highest BCUT2D eigenvalue weighted by Crippen LogP contribution is 2.19. The Hall–Kier alpha value is -2.35. The number of alkyl halides is 2. The Morgan fingerprint density at radius 1 is 1.26 bits per heavy atom. The normalized spacial score (nSPS) is 10.5. The van der Waals surface area contributed by atoms with Gasteiger partial charge in [0.2, 0.25) is 24.5 Å². The Labute approximate surface area is 132 Å². The van der Waals surface area contributed by atoms with Crippen LogP contribution in [0.25, 0.3) is 11.5 Å². The Bertz CT molecular complexity index is 907. The van der Waals surface area contributed by atoms with E-state index in [-0.39, 0.29) is 5.78 Å². The minimum Gasteiger partial charge on any atom is -0.265 e. The molecule has 0 amide bonds. The first-order valence-corrected chi connectivity index (χ1v) is 6.61. The van der Waals surface area contributed by atoms with Gasteiger partial charge in [0.25, 0.3) is 5.56 Å². The number of hydrogen-bond donors (Lipinski definition) is 0. The molecule has 1 aromatic carbocycles. The van der Waals surface area contributed by atoms with E-state index < -0.39 is 24.3 Å². The Kier molecular flexibility index (Phi) is 5.05. The lowest BCUT2D eigenvalue weighted by atomic mass is 10.2. The van der Waals surface area contributed by atoms with Gasteiger partial charge in [-0.15, -0.1) is 0 Å². The lowest BCUT2D eigenvalue weighted by molar-refractivity contribution is 0.295. The molecule has 3 rings (SSSR count). The first kappa shape index (κ1) is 17.0. The van der Waals surface area contributed by atoms with E-state index in [9.17, 15) is 22.4 Å². The molecule has 122 valence electrons. The Balaban J connectivity index is 0.000000595. The molecule has 0 saturated heterocycles. The van der Waals surface area contributed by atoms with Crippen molar-refractivity contribution < 1.29 is 17.6 Å². The number of hydrogen-bond acceptors (Lipinski definition) is 2. The quantitative estimate of drug-likeness (QED) is 0.498. The van der Waals surface area contributed by atoms with Crippen molar-refractivity contribution in [1.29, 1.82) is 0 Å². The van der Waals surface area contributed by atoms with E-state index in [1.807, 2.05) is 0 Å². The molecule has 0 aliphatic heterocycles. The molecular weight excluding hydrogens is 338 g/mol. The fraction of sp³-hybridized carbons (Fsp3) is 0.143. The van der Waals surface area contributed by atoms with Gasteiger partial charge in [0.1, 0.15) is 0 Å². The van der Waals surface area contributed by atoms with Gasteiger partial charge in [-0.3, -0.25) is 9.20 Å². The smallest absolute Gasteiger partial charge is 0.265 e. The summed E-state index contributed by atoms with van der Waals surface area (Å²) in [7, 11) is 0. The van der Waals surface area contributed by atoms with E-state index >= 15 is 0 Å². The first-order valence-electron chi connectivity index (χ1n) is 6.23. The van der Waals surface area contributed by atoms with Gasteiger partial charge in [0, 0.05) is 17.4 Å². The molecule has 2 aromatic heterocycles. The third-order valence-corrected chi connectivity index (χ3v) is 3.43. The summed E-state index contributed by atoms with van der Waals surface area (Å²) < 4.78 is 48.5. The molecule has 0 bridgehead atoms. The van der Waals surface area contributed by atoms with E-state index in [1.54, 1.807) is 25.1 Å². The lowest BCUT2D eigenvalue weighted by Crippen LogP contribution is -2.26. The summed E-state index contributed by atoms with van der Waals surface area (Å²) >= 11 is 5.92. The molecule has 0 aliphatic carbocycles. The molecule has 3 aromatic rings. The van der Waals surface area contributed by atoms with Crippen molar-refractivity contribution in [3.05, 3.63) is 63.3 Å². The molecule has 0 spiro atoms. The van der Waals surface area contributed by atoms with E-state index in [1.165, 1.54) is 12.4 Å². The van der Waals surface area contributed by atoms with Crippen molar-refractivity contribution in [3.63, 3.8) is 0 Å². The van der Waals surface area contributed by atoms with Crippen molar-refractivity contribution in [2.24, 2.45) is 0 Å². The Morgan fingerprint density at radius 2 is 1.91 bits per heavy atom. The zero-order valence-corrected chi connectivity index (χ0v) is 12.5. The summed E-state index contributed by atoms with van der Waals surface area (Å²) in [4.78, 5) is 15.9. The van der Waals surface area contributed by atoms with E-state index in [0.717, 1.165) is 8.97 Å². The number of nitrogens with zero attached hydrogens (tertiary/aromatic N) is 3. The number of rotatable bonds is 1. The van der Waals surface area contributed by atoms with E-state index in [4.69, 9.17) is 11.6 Å². The summed E-state index contributed by atoms with van der Waals surface area (Å²) in [6, 6.07) is 4.73. The molecule has 0 saturated carbocycles. The van der Waals surface area contributed by atoms with Crippen LogP contribution in [0.1, 0.15) is 5.56 Å². The predicted molar refractivity (Wildman–Crippen MR) is 77.5 cm³/mol. The number of fused-ring (bicyclic) bond motifs is 1. The minimum absolute atomic E-state index is 0.00405. The Morgan fingerprint density at radius 3 is 2.52 bits per heavy atom. The molecule has 0 fully saturated rings. The average Bonchev–Trinajstić information content (AvgIpc) is 2.99. The maximum absolute atomic E-state index is 13.7. The standard InChI is InChI=1S/C13H8ClF2N3O.CH2F2/c1-7-6-8(2-3-9(7)14)19-12(20)10(15)11(16)18-5-4-17-13(18)19;2-1-3/h2-6H,1H3;1H2. The number of aryl methyl sites for hydroxylation is 1. The fourth-order valence-electron chi connectivity index (χ4n) is 2.00. The van der Waals surface area contributed by atoms with Gasteiger partial charge in [0.05, 0.1) is 5.69 Å². The van der Waals surface area contributed by atoms with Gasteiger partial charge >= 0.3 is 0 Å². The molecule has 0 N–H and O–H groups in total. The minimum atomic E-state index is -1.75. The molecule has 23 heavy (non-hydrogen) atoms. The van der Waals surface area contributed by atoms with Gasteiger partial charge < -0.3 is 0 Å². The summed E-state index contributed by atoms with van der Waals surface area (Å²) in [6.45, 7) is -0.000484. The number of imidazole rings is 1. The van der Waals surface area contributed by atoms with Crippen molar-refractivity contribution in [1.82, 2.24) is 14.0 Å². The highest BCUT2D eigenvalue weighted by atomic mass is 35.5. The van der Waals surface area contributed by atoms with Crippen LogP contribution in [-0.2, 0) is 0 Å². The summed E-state index contributed by atoms with van der Waals surface area (Å²) in [5.41, 5.74) is -0.0135. The van der Waals surface area contributed by atoms with Gasteiger partial charge in [-0.2, -0.15) is 8.78 Å². The van der Waals surface area contributed by atoms with Gasteiger partial charge in [-0.25, -0.2) is 18.3 Å². The summed E-state index contributed by atoms with van der Waals surface area (Å²) in [5.74, 6) is -2.72. The van der Waals surface area contributed by atoms with Crippen molar-refractivity contribution in [3.8, 4) is 5.69 Å². The van der Waals surface area contributed by atoms with Crippen LogP contribution in [-0.4, -0.2) is 20.9 Å². The highest BCUT2D eigenvalue weighted by Gasteiger charge is 2.18. The zero-order chi connectivity index (χ0) is 17.1. The fourth-order valence-corrected chi connectivity index (χ4v) is 2.12. The van der Waals surface area contributed by atoms with Crippen LogP contribution in [0.5, 0.6) is 0 Å². The SMILES string of the molecule is Cc1cc(-n2c(=O)c(F)c(F)n3ccnc23)ccc1Cl.FCF. The van der Waals surface area contributed by atoms with Crippen LogP contribution in [0.15, 0.2) is 35.4 Å². The second-order valence-corrected chi connectivity index (χ2v) is 4.78. The molecule has 9 heteroatoms. The first-order chi connectivity index (χ1) is 10.9. The highest BCUT2D eigenvalue weighted by molar-refractivity contribution is 6.31. The van der Waals surface area contributed by atoms with E-state index in [0.29, 0.717) is 16.3 Å². The molecule has 4 nitrogen and oxygen atoms in total. The third kappa shape index (κ3) is 3.07.